The van der Waals surface area contributed by atoms with Gasteiger partial charge in [0.25, 0.3) is 0 Å². The van der Waals surface area contributed by atoms with Crippen molar-refractivity contribution in [1.82, 2.24) is 5.32 Å². The van der Waals surface area contributed by atoms with Gasteiger partial charge in [0.2, 0.25) is 0 Å². The van der Waals surface area contributed by atoms with Gasteiger partial charge in [-0.05, 0) is 44.0 Å². The molecule has 0 amide bonds. The summed E-state index contributed by atoms with van der Waals surface area (Å²) >= 11 is 0. The smallest absolute Gasteiger partial charge is 0.123 e. The number of benzene rings is 1. The van der Waals surface area contributed by atoms with E-state index in [1.165, 1.54) is 25.0 Å². The molecule has 0 aliphatic heterocycles. The summed E-state index contributed by atoms with van der Waals surface area (Å²) in [5.74, 6) is 0.493. The Kier molecular flexibility index (Phi) is 3.21. The number of hydrogen-bond acceptors (Lipinski definition) is 2. The summed E-state index contributed by atoms with van der Waals surface area (Å²) in [7, 11) is 0. The molecular formula is C12H16FNO. The van der Waals surface area contributed by atoms with Gasteiger partial charge in [0.05, 0.1) is 0 Å². The van der Waals surface area contributed by atoms with E-state index < -0.39 is 0 Å². The van der Waals surface area contributed by atoms with Gasteiger partial charge < -0.3 is 10.1 Å². The maximum Gasteiger partial charge on any atom is 0.123 e. The molecule has 1 atom stereocenters. The molecular weight excluding hydrogens is 193 g/mol. The first-order chi connectivity index (χ1) is 7.24. The minimum Gasteiger partial charge on any atom is -0.489 e. The van der Waals surface area contributed by atoms with Crippen LogP contribution in [0.1, 0.15) is 19.8 Å². The average molecular weight is 209 g/mol. The molecule has 0 aromatic heterocycles. The van der Waals surface area contributed by atoms with E-state index in [1.807, 2.05) is 6.92 Å². The highest BCUT2D eigenvalue weighted by molar-refractivity contribution is 5.22. The summed E-state index contributed by atoms with van der Waals surface area (Å²) in [5, 5.41) is 3.39. The second kappa shape index (κ2) is 4.62. The predicted molar refractivity (Wildman–Crippen MR) is 57.5 cm³/mol. The van der Waals surface area contributed by atoms with Gasteiger partial charge in [0, 0.05) is 12.6 Å². The van der Waals surface area contributed by atoms with E-state index in [4.69, 9.17) is 4.74 Å². The highest BCUT2D eigenvalue weighted by Gasteiger charge is 2.21. The molecule has 1 N–H and O–H groups in total. The minimum absolute atomic E-state index is 0.121. The molecule has 1 aliphatic carbocycles. The van der Waals surface area contributed by atoms with Crippen molar-refractivity contribution in [3.8, 4) is 5.75 Å². The number of nitrogens with one attached hydrogen (secondary N) is 1. The quantitative estimate of drug-likeness (QED) is 0.803. The zero-order valence-corrected chi connectivity index (χ0v) is 8.87. The van der Waals surface area contributed by atoms with Crippen molar-refractivity contribution < 1.29 is 9.13 Å². The Balaban J connectivity index is 1.76. The van der Waals surface area contributed by atoms with Crippen LogP contribution < -0.4 is 10.1 Å². The van der Waals surface area contributed by atoms with Crippen LogP contribution in [0.4, 0.5) is 4.39 Å². The summed E-state index contributed by atoms with van der Waals surface area (Å²) in [6, 6.07) is 6.84. The Morgan fingerprint density at radius 3 is 2.67 bits per heavy atom. The lowest BCUT2D eigenvalue weighted by molar-refractivity contribution is 0.216. The van der Waals surface area contributed by atoms with E-state index in [0.717, 1.165) is 12.3 Å². The number of halogens is 1. The second-order valence-corrected chi connectivity index (χ2v) is 4.06. The Hall–Kier alpha value is -1.09. The fourth-order valence-corrected chi connectivity index (χ4v) is 1.41. The van der Waals surface area contributed by atoms with E-state index in [0.29, 0.717) is 6.04 Å². The second-order valence-electron chi connectivity index (χ2n) is 4.06. The molecule has 1 unspecified atom stereocenters. The van der Waals surface area contributed by atoms with Crippen LogP contribution in [-0.4, -0.2) is 18.7 Å². The van der Waals surface area contributed by atoms with Gasteiger partial charge in [0.1, 0.15) is 17.7 Å². The van der Waals surface area contributed by atoms with Crippen molar-refractivity contribution in [3.63, 3.8) is 0 Å². The van der Waals surface area contributed by atoms with Crippen molar-refractivity contribution in [1.29, 1.82) is 0 Å². The molecule has 0 bridgehead atoms. The third kappa shape index (κ3) is 3.51. The molecule has 1 aliphatic rings. The molecule has 2 nitrogen and oxygen atoms in total. The monoisotopic (exact) mass is 209 g/mol. The van der Waals surface area contributed by atoms with Crippen molar-refractivity contribution in [2.45, 2.75) is 31.9 Å². The minimum atomic E-state index is -0.230. The Morgan fingerprint density at radius 1 is 1.40 bits per heavy atom. The fraction of sp³-hybridized carbons (Fsp3) is 0.500. The van der Waals surface area contributed by atoms with Gasteiger partial charge in [-0.1, -0.05) is 0 Å². The van der Waals surface area contributed by atoms with E-state index in [-0.39, 0.29) is 11.9 Å². The lowest BCUT2D eigenvalue weighted by Gasteiger charge is -2.15. The van der Waals surface area contributed by atoms with Crippen LogP contribution in [0.2, 0.25) is 0 Å². The average Bonchev–Trinajstić information content (AvgIpc) is 3.02. The van der Waals surface area contributed by atoms with Crippen LogP contribution in [0.25, 0.3) is 0 Å². The van der Waals surface area contributed by atoms with Crippen molar-refractivity contribution >= 4 is 0 Å². The zero-order valence-electron chi connectivity index (χ0n) is 8.87. The van der Waals surface area contributed by atoms with E-state index >= 15 is 0 Å². The molecule has 0 heterocycles. The highest BCUT2D eigenvalue weighted by Crippen LogP contribution is 2.19. The molecule has 1 aromatic rings. The third-order valence-electron chi connectivity index (χ3n) is 2.42. The SMILES string of the molecule is CC(CNC1CC1)Oc1ccc(F)cc1. The molecule has 0 spiro atoms. The summed E-state index contributed by atoms with van der Waals surface area (Å²) in [6.07, 6.45) is 2.68. The fourth-order valence-electron chi connectivity index (χ4n) is 1.41. The molecule has 0 saturated heterocycles. The number of rotatable bonds is 5. The largest absolute Gasteiger partial charge is 0.489 e. The van der Waals surface area contributed by atoms with Crippen LogP contribution in [0.3, 0.4) is 0 Å². The first-order valence-corrected chi connectivity index (χ1v) is 5.39. The third-order valence-corrected chi connectivity index (χ3v) is 2.42. The van der Waals surface area contributed by atoms with Crippen molar-refractivity contribution in [3.05, 3.63) is 30.1 Å². The van der Waals surface area contributed by atoms with Gasteiger partial charge in [-0.2, -0.15) is 0 Å². The Morgan fingerprint density at radius 2 is 2.07 bits per heavy atom. The van der Waals surface area contributed by atoms with E-state index in [1.54, 1.807) is 12.1 Å². The Labute approximate surface area is 89.4 Å². The molecule has 1 fully saturated rings. The summed E-state index contributed by atoms with van der Waals surface area (Å²) in [5.41, 5.74) is 0. The maximum atomic E-state index is 12.6. The summed E-state index contributed by atoms with van der Waals surface area (Å²) in [6.45, 7) is 2.86. The van der Waals surface area contributed by atoms with Crippen molar-refractivity contribution in [2.75, 3.05) is 6.54 Å². The topological polar surface area (TPSA) is 21.3 Å². The summed E-state index contributed by atoms with van der Waals surface area (Å²) in [4.78, 5) is 0. The lowest BCUT2D eigenvalue weighted by Crippen LogP contribution is -2.30. The number of hydrogen-bond donors (Lipinski definition) is 1. The van der Waals surface area contributed by atoms with Gasteiger partial charge in [-0.25, -0.2) is 4.39 Å². The van der Waals surface area contributed by atoms with Crippen molar-refractivity contribution in [2.24, 2.45) is 0 Å². The molecule has 1 saturated carbocycles. The van der Waals surface area contributed by atoms with Crippen LogP contribution >= 0.6 is 0 Å². The molecule has 2 rings (SSSR count). The van der Waals surface area contributed by atoms with Crippen LogP contribution in [-0.2, 0) is 0 Å². The maximum absolute atomic E-state index is 12.6. The summed E-state index contributed by atoms with van der Waals surface area (Å²) < 4.78 is 18.2. The standard InChI is InChI=1S/C12H16FNO/c1-9(8-14-11-4-5-11)15-12-6-2-10(13)3-7-12/h2-3,6-7,9,11,14H,4-5,8H2,1H3. The van der Waals surface area contributed by atoms with Gasteiger partial charge in [-0.15, -0.1) is 0 Å². The normalized spacial score (nSPS) is 17.5. The molecule has 3 heteroatoms. The predicted octanol–water partition coefficient (Wildman–Crippen LogP) is 2.35. The van der Waals surface area contributed by atoms with Crippen LogP contribution in [0, 0.1) is 5.82 Å². The molecule has 0 radical (unpaired) electrons. The zero-order chi connectivity index (χ0) is 10.7. The Bertz CT molecular complexity index is 308. The first-order valence-electron chi connectivity index (χ1n) is 5.39. The highest BCUT2D eigenvalue weighted by atomic mass is 19.1. The first kappa shape index (κ1) is 10.4. The molecule has 15 heavy (non-hydrogen) atoms. The van der Waals surface area contributed by atoms with Crippen LogP contribution in [0.15, 0.2) is 24.3 Å². The van der Waals surface area contributed by atoms with Crippen LogP contribution in [0.5, 0.6) is 5.75 Å². The van der Waals surface area contributed by atoms with Gasteiger partial charge in [0.15, 0.2) is 0 Å². The van der Waals surface area contributed by atoms with Gasteiger partial charge in [-0.3, -0.25) is 0 Å². The van der Waals surface area contributed by atoms with Gasteiger partial charge >= 0.3 is 0 Å². The number of ether oxygens (including phenoxy) is 1. The lowest BCUT2D eigenvalue weighted by atomic mass is 10.3. The van der Waals surface area contributed by atoms with E-state index in [2.05, 4.69) is 5.32 Å². The van der Waals surface area contributed by atoms with E-state index in [9.17, 15) is 4.39 Å². The molecule has 82 valence electrons. The molecule has 1 aromatic carbocycles.